The SMILES string of the molecule is COc1ccc(Cc2nc(C)cc(-n3cc(F)c(=O)[nH]c3=O)n2)cc1. The Kier molecular flexibility index (Phi) is 4.42. The summed E-state index contributed by atoms with van der Waals surface area (Å²) in [6, 6.07) is 8.96. The monoisotopic (exact) mass is 342 g/mol. The maximum Gasteiger partial charge on any atom is 0.334 e. The predicted molar refractivity (Wildman–Crippen MR) is 88.7 cm³/mol. The summed E-state index contributed by atoms with van der Waals surface area (Å²) in [5.74, 6) is 0.340. The highest BCUT2D eigenvalue weighted by molar-refractivity contribution is 5.31. The number of benzene rings is 1. The van der Waals surface area contributed by atoms with Crippen molar-refractivity contribution in [2.75, 3.05) is 7.11 Å². The average Bonchev–Trinajstić information content (AvgIpc) is 2.58. The van der Waals surface area contributed by atoms with Gasteiger partial charge in [-0.1, -0.05) is 12.1 Å². The standard InChI is InChI=1S/C17H15FN4O3/c1-10-7-15(22-9-13(18)16(23)21-17(22)24)20-14(19-10)8-11-3-5-12(25-2)6-4-11/h3-7,9H,8H2,1-2H3,(H,21,23,24). The molecule has 0 radical (unpaired) electrons. The van der Waals surface area contributed by atoms with E-state index in [4.69, 9.17) is 4.74 Å². The molecule has 128 valence electrons. The van der Waals surface area contributed by atoms with Gasteiger partial charge in [0.1, 0.15) is 17.4 Å². The van der Waals surface area contributed by atoms with Gasteiger partial charge >= 0.3 is 5.69 Å². The van der Waals surface area contributed by atoms with Crippen LogP contribution in [0.5, 0.6) is 5.75 Å². The van der Waals surface area contributed by atoms with E-state index in [1.807, 2.05) is 29.2 Å². The number of methoxy groups -OCH3 is 1. The van der Waals surface area contributed by atoms with E-state index in [-0.39, 0.29) is 5.82 Å². The van der Waals surface area contributed by atoms with Crippen LogP contribution in [0.15, 0.2) is 46.1 Å². The molecule has 3 rings (SSSR count). The summed E-state index contributed by atoms with van der Waals surface area (Å²) in [6.07, 6.45) is 1.25. The van der Waals surface area contributed by atoms with Crippen molar-refractivity contribution in [3.8, 4) is 11.6 Å². The smallest absolute Gasteiger partial charge is 0.334 e. The Morgan fingerprint density at radius 1 is 1.20 bits per heavy atom. The Hall–Kier alpha value is -3.29. The van der Waals surface area contributed by atoms with Gasteiger partial charge in [0.25, 0.3) is 5.56 Å². The number of H-pyrrole nitrogens is 1. The number of rotatable bonds is 4. The third-order valence-electron chi connectivity index (χ3n) is 3.55. The molecule has 1 N–H and O–H groups in total. The van der Waals surface area contributed by atoms with Gasteiger partial charge in [-0.05, 0) is 24.6 Å². The number of hydrogen-bond donors (Lipinski definition) is 1. The minimum atomic E-state index is -1.06. The van der Waals surface area contributed by atoms with E-state index < -0.39 is 17.1 Å². The first-order valence-corrected chi connectivity index (χ1v) is 7.45. The van der Waals surface area contributed by atoms with Crippen molar-refractivity contribution in [3.63, 3.8) is 0 Å². The number of ether oxygens (including phenoxy) is 1. The Balaban J connectivity index is 1.99. The van der Waals surface area contributed by atoms with Gasteiger partial charge in [0.2, 0.25) is 5.82 Å². The lowest BCUT2D eigenvalue weighted by molar-refractivity contribution is 0.414. The van der Waals surface area contributed by atoms with Crippen molar-refractivity contribution in [2.24, 2.45) is 0 Å². The van der Waals surface area contributed by atoms with E-state index in [9.17, 15) is 14.0 Å². The first-order valence-electron chi connectivity index (χ1n) is 7.45. The van der Waals surface area contributed by atoms with Gasteiger partial charge in [0.15, 0.2) is 0 Å². The summed E-state index contributed by atoms with van der Waals surface area (Å²) in [5.41, 5.74) is -0.255. The molecule has 0 fully saturated rings. The third-order valence-corrected chi connectivity index (χ3v) is 3.55. The van der Waals surface area contributed by atoms with Crippen LogP contribution in [-0.4, -0.2) is 26.6 Å². The van der Waals surface area contributed by atoms with Crippen molar-refractivity contribution in [2.45, 2.75) is 13.3 Å². The van der Waals surface area contributed by atoms with Crippen LogP contribution in [0, 0.1) is 12.7 Å². The molecular weight excluding hydrogens is 327 g/mol. The van der Waals surface area contributed by atoms with Gasteiger partial charge in [0, 0.05) is 18.2 Å². The minimum absolute atomic E-state index is 0.191. The first kappa shape index (κ1) is 16.6. The second kappa shape index (κ2) is 6.68. The van der Waals surface area contributed by atoms with Crippen LogP contribution >= 0.6 is 0 Å². The lowest BCUT2D eigenvalue weighted by Gasteiger charge is -2.08. The average molecular weight is 342 g/mol. The topological polar surface area (TPSA) is 89.9 Å². The molecule has 0 aliphatic rings. The maximum atomic E-state index is 13.5. The van der Waals surface area contributed by atoms with Crippen molar-refractivity contribution in [1.29, 1.82) is 0 Å². The van der Waals surface area contributed by atoms with E-state index >= 15 is 0 Å². The van der Waals surface area contributed by atoms with E-state index in [0.717, 1.165) is 22.1 Å². The fourth-order valence-electron chi connectivity index (χ4n) is 2.36. The molecule has 0 spiro atoms. The largest absolute Gasteiger partial charge is 0.497 e. The Bertz CT molecular complexity index is 1030. The predicted octanol–water partition coefficient (Wildman–Crippen LogP) is 1.36. The van der Waals surface area contributed by atoms with Gasteiger partial charge < -0.3 is 4.74 Å². The van der Waals surface area contributed by atoms with Crippen molar-refractivity contribution in [1.82, 2.24) is 19.5 Å². The van der Waals surface area contributed by atoms with Gasteiger partial charge in [-0.15, -0.1) is 0 Å². The number of nitrogens with zero attached hydrogens (tertiary/aromatic N) is 3. The summed E-state index contributed by atoms with van der Waals surface area (Å²) >= 11 is 0. The van der Waals surface area contributed by atoms with E-state index in [0.29, 0.717) is 17.9 Å². The molecule has 0 saturated carbocycles. The van der Waals surface area contributed by atoms with Gasteiger partial charge in [0.05, 0.1) is 13.3 Å². The van der Waals surface area contributed by atoms with Crippen LogP contribution in [-0.2, 0) is 6.42 Å². The molecule has 0 aliphatic heterocycles. The van der Waals surface area contributed by atoms with Crippen molar-refractivity contribution in [3.05, 3.63) is 80.3 Å². The normalized spacial score (nSPS) is 10.7. The number of hydrogen-bond acceptors (Lipinski definition) is 5. The van der Waals surface area contributed by atoms with Crippen molar-refractivity contribution < 1.29 is 9.13 Å². The first-order chi connectivity index (χ1) is 12.0. The van der Waals surface area contributed by atoms with Crippen LogP contribution in [0.25, 0.3) is 5.82 Å². The summed E-state index contributed by atoms with van der Waals surface area (Å²) in [6.45, 7) is 1.75. The molecule has 0 aliphatic carbocycles. The molecule has 7 nitrogen and oxygen atoms in total. The molecule has 0 unspecified atom stereocenters. The molecule has 25 heavy (non-hydrogen) atoms. The molecule has 3 aromatic rings. The molecule has 1 aromatic carbocycles. The fraction of sp³-hybridized carbons (Fsp3) is 0.176. The van der Waals surface area contributed by atoms with Crippen molar-refractivity contribution >= 4 is 0 Å². The zero-order chi connectivity index (χ0) is 18.0. The zero-order valence-corrected chi connectivity index (χ0v) is 13.6. The summed E-state index contributed by atoms with van der Waals surface area (Å²) in [7, 11) is 1.59. The number of aromatic amines is 1. The zero-order valence-electron chi connectivity index (χ0n) is 13.6. The number of aromatic nitrogens is 4. The minimum Gasteiger partial charge on any atom is -0.497 e. The molecule has 0 amide bonds. The van der Waals surface area contributed by atoms with Crippen LogP contribution < -0.4 is 16.0 Å². The molecule has 0 atom stereocenters. The molecular formula is C17H15FN4O3. The van der Waals surface area contributed by atoms with Gasteiger partial charge in [-0.3, -0.25) is 9.78 Å². The highest BCUT2D eigenvalue weighted by atomic mass is 19.1. The highest BCUT2D eigenvalue weighted by Gasteiger charge is 2.10. The van der Waals surface area contributed by atoms with Gasteiger partial charge in [-0.2, -0.15) is 4.39 Å². The quantitative estimate of drug-likeness (QED) is 0.773. The van der Waals surface area contributed by atoms with Crippen LogP contribution in [0.4, 0.5) is 4.39 Å². The third kappa shape index (κ3) is 3.63. The number of nitrogens with one attached hydrogen (secondary N) is 1. The summed E-state index contributed by atoms with van der Waals surface area (Å²) < 4.78 is 19.6. The number of halogens is 1. The maximum absolute atomic E-state index is 13.5. The summed E-state index contributed by atoms with van der Waals surface area (Å²) in [5, 5.41) is 0. The molecule has 0 bridgehead atoms. The molecule has 2 heterocycles. The van der Waals surface area contributed by atoms with E-state index in [2.05, 4.69) is 9.97 Å². The second-order valence-corrected chi connectivity index (χ2v) is 5.41. The second-order valence-electron chi connectivity index (χ2n) is 5.41. The van der Waals surface area contributed by atoms with E-state index in [1.54, 1.807) is 14.0 Å². The van der Waals surface area contributed by atoms with Crippen LogP contribution in [0.3, 0.4) is 0 Å². The van der Waals surface area contributed by atoms with Crippen LogP contribution in [0.2, 0.25) is 0 Å². The molecule has 8 heteroatoms. The Morgan fingerprint density at radius 2 is 1.92 bits per heavy atom. The Morgan fingerprint density at radius 3 is 2.60 bits per heavy atom. The van der Waals surface area contributed by atoms with Crippen LogP contribution in [0.1, 0.15) is 17.1 Å². The van der Waals surface area contributed by atoms with Gasteiger partial charge in [-0.25, -0.2) is 19.3 Å². The lowest BCUT2D eigenvalue weighted by atomic mass is 10.1. The Labute approximate surface area is 141 Å². The van der Waals surface area contributed by atoms with E-state index in [1.165, 1.54) is 6.07 Å². The number of aryl methyl sites for hydroxylation is 1. The molecule has 2 aromatic heterocycles. The molecule has 0 saturated heterocycles. The fourth-order valence-corrected chi connectivity index (χ4v) is 2.36. The highest BCUT2D eigenvalue weighted by Crippen LogP contribution is 2.14. The lowest BCUT2D eigenvalue weighted by Crippen LogP contribution is -2.31. The summed E-state index contributed by atoms with van der Waals surface area (Å²) in [4.78, 5) is 33.6.